The van der Waals surface area contributed by atoms with Crippen molar-refractivity contribution < 1.29 is 46.8 Å². The molecular formula is C46H82NO9P. The molecule has 0 aromatic heterocycles. The predicted molar refractivity (Wildman–Crippen MR) is 231 cm³/mol. The van der Waals surface area contributed by atoms with Gasteiger partial charge in [-0.2, -0.15) is 0 Å². The highest BCUT2D eigenvalue weighted by molar-refractivity contribution is 7.45. The van der Waals surface area contributed by atoms with Crippen LogP contribution in [0.25, 0.3) is 0 Å². The van der Waals surface area contributed by atoms with Crippen molar-refractivity contribution in [3.05, 3.63) is 48.6 Å². The van der Waals surface area contributed by atoms with Crippen LogP contribution in [-0.2, 0) is 37.4 Å². The van der Waals surface area contributed by atoms with Gasteiger partial charge in [-0.15, -0.1) is 0 Å². The molecule has 1 aliphatic heterocycles. The van der Waals surface area contributed by atoms with Crippen LogP contribution < -0.4 is 4.89 Å². The van der Waals surface area contributed by atoms with E-state index in [1.165, 1.54) is 70.6 Å². The van der Waals surface area contributed by atoms with Crippen LogP contribution in [0.2, 0.25) is 0 Å². The lowest BCUT2D eigenvalue weighted by atomic mass is 10.1. The molecule has 1 fully saturated rings. The van der Waals surface area contributed by atoms with E-state index in [1.807, 2.05) is 21.1 Å². The van der Waals surface area contributed by atoms with Crippen molar-refractivity contribution in [2.45, 2.75) is 186 Å². The molecule has 0 aromatic rings. The molecule has 1 heterocycles. The third kappa shape index (κ3) is 35.6. The Hall–Kier alpha value is -2.07. The minimum Gasteiger partial charge on any atom is -0.756 e. The molecule has 3 unspecified atom stereocenters. The summed E-state index contributed by atoms with van der Waals surface area (Å²) in [6, 6.07) is 0. The molecule has 11 heteroatoms. The van der Waals surface area contributed by atoms with Crippen molar-refractivity contribution in [3.63, 3.8) is 0 Å². The second-order valence-electron chi connectivity index (χ2n) is 16.4. The lowest BCUT2D eigenvalue weighted by Gasteiger charge is -2.28. The SMILES string of the molecule is CCCCC/C=C\C/C=C\CC1OC1C/C=C\CCCC(=O)OC[C@H](COP(=O)([O-])OCC[N+](C)(C)C)OC(=O)CCCCCCCCC/C=C\CCCCCC. The number of carbonyl (C=O) groups excluding carboxylic acids is 2. The summed E-state index contributed by atoms with van der Waals surface area (Å²) >= 11 is 0. The second-order valence-corrected chi connectivity index (χ2v) is 17.9. The number of epoxide rings is 1. The highest BCUT2D eigenvalue weighted by atomic mass is 31.2. The third-order valence-electron chi connectivity index (χ3n) is 9.72. The summed E-state index contributed by atoms with van der Waals surface area (Å²) < 4.78 is 39.6. The minimum atomic E-state index is -4.64. The number of nitrogens with zero attached hydrogens (tertiary/aromatic N) is 1. The zero-order valence-corrected chi connectivity index (χ0v) is 37.6. The Kier molecular flexibility index (Phi) is 32.3. The van der Waals surface area contributed by atoms with Gasteiger partial charge in [0.2, 0.25) is 0 Å². The number of ether oxygens (including phenoxy) is 3. The van der Waals surface area contributed by atoms with E-state index in [1.54, 1.807) is 0 Å². The van der Waals surface area contributed by atoms with Crippen LogP contribution in [0.1, 0.15) is 168 Å². The first-order valence-electron chi connectivity index (χ1n) is 22.5. The highest BCUT2D eigenvalue weighted by Gasteiger charge is 2.36. The number of unbranched alkanes of at least 4 members (excludes halogenated alkanes) is 15. The molecule has 0 aliphatic carbocycles. The van der Waals surface area contributed by atoms with E-state index in [-0.39, 0.29) is 38.3 Å². The molecule has 0 radical (unpaired) electrons. The van der Waals surface area contributed by atoms with Crippen molar-refractivity contribution >= 4 is 19.8 Å². The van der Waals surface area contributed by atoms with Gasteiger partial charge in [0.05, 0.1) is 40.0 Å². The molecular weight excluding hydrogens is 741 g/mol. The van der Waals surface area contributed by atoms with Crippen molar-refractivity contribution in [1.29, 1.82) is 0 Å². The summed E-state index contributed by atoms with van der Waals surface area (Å²) in [4.78, 5) is 37.6. The first-order valence-corrected chi connectivity index (χ1v) is 23.9. The Morgan fingerprint density at radius 3 is 1.77 bits per heavy atom. The molecule has 330 valence electrons. The largest absolute Gasteiger partial charge is 0.756 e. The summed E-state index contributed by atoms with van der Waals surface area (Å²) in [5, 5.41) is 0. The number of allylic oxidation sites excluding steroid dienone is 6. The van der Waals surface area contributed by atoms with Gasteiger partial charge in [0.15, 0.2) is 6.10 Å². The Morgan fingerprint density at radius 2 is 1.12 bits per heavy atom. The number of phosphoric ester groups is 1. The lowest BCUT2D eigenvalue weighted by Crippen LogP contribution is -2.37. The average molecular weight is 824 g/mol. The summed E-state index contributed by atoms with van der Waals surface area (Å²) in [5.74, 6) is -0.915. The number of rotatable bonds is 39. The highest BCUT2D eigenvalue weighted by Crippen LogP contribution is 2.38. The van der Waals surface area contributed by atoms with Gasteiger partial charge < -0.3 is 32.6 Å². The zero-order valence-electron chi connectivity index (χ0n) is 36.7. The number of carbonyl (C=O) groups is 2. The summed E-state index contributed by atoms with van der Waals surface area (Å²) in [6.45, 7) is 4.09. The number of quaternary nitrogens is 1. The Balaban J connectivity index is 2.33. The first kappa shape index (κ1) is 52.9. The molecule has 1 aliphatic rings. The molecule has 1 saturated heterocycles. The fourth-order valence-corrected chi connectivity index (χ4v) is 6.76. The number of phosphoric acid groups is 1. The van der Waals surface area contributed by atoms with Gasteiger partial charge in [-0.1, -0.05) is 127 Å². The van der Waals surface area contributed by atoms with E-state index in [4.69, 9.17) is 23.3 Å². The standard InChI is InChI=1S/C46H82NO9P/c1-6-8-10-12-14-16-17-18-19-20-21-23-25-27-33-37-46(49)55-42(41-54-57(50,51)53-39-38-47(3,4)5)40-52-45(48)36-32-29-28-31-35-44-43(56-44)34-30-26-24-22-15-13-11-9-7-2/h15-17,22,26,28,30-31,42-44H,6-14,18-21,23-25,27,29,32-41H2,1-5H3/b17-16-,22-15-,30-26-,31-28-/t42-,43?,44?/m1/s1. The third-order valence-corrected chi connectivity index (χ3v) is 10.7. The predicted octanol–water partition coefficient (Wildman–Crippen LogP) is 11.0. The molecule has 1 rings (SSSR count). The van der Waals surface area contributed by atoms with Crippen LogP contribution in [0.15, 0.2) is 48.6 Å². The van der Waals surface area contributed by atoms with E-state index in [0.717, 1.165) is 57.8 Å². The van der Waals surface area contributed by atoms with Gasteiger partial charge in [0, 0.05) is 12.8 Å². The minimum absolute atomic E-state index is 0.0443. The average Bonchev–Trinajstić information content (AvgIpc) is 3.92. The summed E-state index contributed by atoms with van der Waals surface area (Å²) in [5.41, 5.74) is 0. The normalized spacial score (nSPS) is 17.6. The van der Waals surface area contributed by atoms with E-state index in [2.05, 4.69) is 62.5 Å². The molecule has 57 heavy (non-hydrogen) atoms. The first-order chi connectivity index (χ1) is 27.5. The Labute approximate surface area is 348 Å². The van der Waals surface area contributed by atoms with Gasteiger partial charge in [0.25, 0.3) is 7.82 Å². The molecule has 0 spiro atoms. The molecule has 0 aromatic carbocycles. The van der Waals surface area contributed by atoms with E-state index in [0.29, 0.717) is 23.9 Å². The van der Waals surface area contributed by atoms with Crippen LogP contribution in [0, 0.1) is 0 Å². The van der Waals surface area contributed by atoms with Crippen molar-refractivity contribution in [1.82, 2.24) is 0 Å². The molecule has 4 atom stereocenters. The quantitative estimate of drug-likeness (QED) is 0.0149. The van der Waals surface area contributed by atoms with Crippen LogP contribution in [0.3, 0.4) is 0 Å². The molecule has 0 saturated carbocycles. The maximum Gasteiger partial charge on any atom is 0.306 e. The fourth-order valence-electron chi connectivity index (χ4n) is 6.03. The Bertz CT molecular complexity index is 1180. The van der Waals surface area contributed by atoms with Crippen molar-refractivity contribution in [2.24, 2.45) is 0 Å². The van der Waals surface area contributed by atoms with Crippen LogP contribution in [-0.4, -0.2) is 82.2 Å². The molecule has 0 amide bonds. The van der Waals surface area contributed by atoms with E-state index in [9.17, 15) is 19.0 Å². The number of hydrogen-bond donors (Lipinski definition) is 0. The van der Waals surface area contributed by atoms with Gasteiger partial charge in [-0.25, -0.2) is 0 Å². The smallest absolute Gasteiger partial charge is 0.306 e. The maximum absolute atomic E-state index is 12.7. The topological polar surface area (TPSA) is 124 Å². The number of esters is 2. The van der Waals surface area contributed by atoms with Gasteiger partial charge in [-0.3, -0.25) is 14.2 Å². The van der Waals surface area contributed by atoms with Crippen molar-refractivity contribution in [2.75, 3.05) is 47.5 Å². The van der Waals surface area contributed by atoms with Crippen LogP contribution >= 0.6 is 7.82 Å². The van der Waals surface area contributed by atoms with Crippen LogP contribution in [0.4, 0.5) is 0 Å². The number of hydrogen-bond acceptors (Lipinski definition) is 9. The van der Waals surface area contributed by atoms with Gasteiger partial charge in [-0.05, 0) is 77.0 Å². The molecule has 10 nitrogen and oxygen atoms in total. The van der Waals surface area contributed by atoms with Crippen molar-refractivity contribution in [3.8, 4) is 0 Å². The number of likely N-dealkylation sites (N-methyl/N-ethyl adjacent to an activating group) is 1. The van der Waals surface area contributed by atoms with E-state index >= 15 is 0 Å². The summed E-state index contributed by atoms with van der Waals surface area (Å²) in [7, 11) is 1.12. The lowest BCUT2D eigenvalue weighted by molar-refractivity contribution is -0.870. The van der Waals surface area contributed by atoms with Gasteiger partial charge >= 0.3 is 11.9 Å². The monoisotopic (exact) mass is 824 g/mol. The second kappa shape index (κ2) is 34.8. The Morgan fingerprint density at radius 1 is 0.632 bits per heavy atom. The summed E-state index contributed by atoms with van der Waals surface area (Å²) in [6.07, 6.45) is 41.6. The fraction of sp³-hybridized carbons (Fsp3) is 0.783. The maximum atomic E-state index is 12.7. The zero-order chi connectivity index (χ0) is 41.9. The van der Waals surface area contributed by atoms with Gasteiger partial charge in [0.1, 0.15) is 19.8 Å². The molecule has 0 bridgehead atoms. The molecule has 0 N–H and O–H groups in total. The van der Waals surface area contributed by atoms with Crippen LogP contribution in [0.5, 0.6) is 0 Å². The van der Waals surface area contributed by atoms with E-state index < -0.39 is 32.5 Å².